The van der Waals surface area contributed by atoms with Crippen LogP contribution in [0.3, 0.4) is 0 Å². The fraction of sp³-hybridized carbons (Fsp3) is 0.304. The van der Waals surface area contributed by atoms with Gasteiger partial charge in [-0.1, -0.05) is 57.2 Å². The van der Waals surface area contributed by atoms with E-state index in [4.69, 9.17) is 4.74 Å². The number of aryl methyl sites for hydroxylation is 1. The Bertz CT molecular complexity index is 1150. The summed E-state index contributed by atoms with van der Waals surface area (Å²) >= 11 is 0. The molecule has 0 saturated carbocycles. The van der Waals surface area contributed by atoms with E-state index < -0.39 is 11.8 Å². The molecule has 0 aliphatic heterocycles. The van der Waals surface area contributed by atoms with E-state index in [1.54, 1.807) is 30.3 Å². The number of carbonyl (C=O) groups is 2. The number of hydrogen-bond donors (Lipinski definition) is 2. The van der Waals surface area contributed by atoms with E-state index in [2.05, 4.69) is 16.0 Å². The third-order valence-electron chi connectivity index (χ3n) is 4.73. The summed E-state index contributed by atoms with van der Waals surface area (Å²) in [4.78, 5) is 37.4. The number of fused-ring (bicyclic) bond motifs is 1. The predicted octanol–water partition coefficient (Wildman–Crippen LogP) is 2.77. The number of hydrazine groups is 1. The van der Waals surface area contributed by atoms with Crippen molar-refractivity contribution in [2.24, 2.45) is 0 Å². The molecule has 1 aromatic heterocycles. The average Bonchev–Trinajstić information content (AvgIpc) is 2.78. The lowest BCUT2D eigenvalue weighted by atomic mass is 10.0. The van der Waals surface area contributed by atoms with E-state index >= 15 is 0 Å². The maximum atomic E-state index is 12.7. The van der Waals surface area contributed by atoms with Crippen LogP contribution in [0, 0.1) is 0 Å². The Morgan fingerprint density at radius 2 is 1.71 bits per heavy atom. The average molecular weight is 422 g/mol. The highest BCUT2D eigenvalue weighted by Crippen LogP contribution is 2.25. The van der Waals surface area contributed by atoms with Gasteiger partial charge in [-0.15, -0.1) is 0 Å². The van der Waals surface area contributed by atoms with Gasteiger partial charge in [-0.25, -0.2) is 4.68 Å². The molecule has 0 radical (unpaired) electrons. The molecule has 0 saturated heterocycles. The van der Waals surface area contributed by atoms with Crippen molar-refractivity contribution in [1.29, 1.82) is 0 Å². The van der Waals surface area contributed by atoms with Crippen LogP contribution in [0.1, 0.15) is 49.2 Å². The van der Waals surface area contributed by atoms with E-state index in [1.165, 1.54) is 4.68 Å². The highest BCUT2D eigenvalue weighted by Gasteiger charge is 2.17. The first-order chi connectivity index (χ1) is 14.9. The molecule has 0 spiro atoms. The number of rotatable bonds is 7. The van der Waals surface area contributed by atoms with Gasteiger partial charge < -0.3 is 4.74 Å². The number of nitrogens with one attached hydrogen (secondary N) is 2. The zero-order chi connectivity index (χ0) is 22.4. The van der Waals surface area contributed by atoms with Crippen LogP contribution in [-0.4, -0.2) is 28.2 Å². The Hall–Kier alpha value is -3.68. The molecule has 31 heavy (non-hydrogen) atoms. The summed E-state index contributed by atoms with van der Waals surface area (Å²) in [5.41, 5.74) is 5.50. The van der Waals surface area contributed by atoms with Gasteiger partial charge in [-0.2, -0.15) is 5.10 Å². The van der Waals surface area contributed by atoms with Crippen molar-refractivity contribution in [1.82, 2.24) is 20.6 Å². The number of benzene rings is 2. The standard InChI is InChI=1S/C23H26N4O4/c1-4-13-27-23(30)18-11-6-5-10-17(18)21(26-27)22(29)25-24-20(28)14-31-19-12-8-7-9-16(19)15(2)3/h5-12,15H,4,13-14H2,1-3H3,(H,24,28)(H,25,29). The van der Waals surface area contributed by atoms with Gasteiger partial charge in [0.1, 0.15) is 5.75 Å². The lowest BCUT2D eigenvalue weighted by Gasteiger charge is -2.14. The number of ether oxygens (including phenoxy) is 1. The van der Waals surface area contributed by atoms with Gasteiger partial charge in [0.15, 0.2) is 12.3 Å². The van der Waals surface area contributed by atoms with Gasteiger partial charge in [0.05, 0.1) is 5.39 Å². The van der Waals surface area contributed by atoms with Crippen molar-refractivity contribution in [3.63, 3.8) is 0 Å². The zero-order valence-corrected chi connectivity index (χ0v) is 17.8. The van der Waals surface area contributed by atoms with Crippen molar-refractivity contribution in [3.05, 3.63) is 70.1 Å². The number of carbonyl (C=O) groups excluding carboxylic acids is 2. The van der Waals surface area contributed by atoms with Crippen LogP contribution in [0.5, 0.6) is 5.75 Å². The highest BCUT2D eigenvalue weighted by molar-refractivity contribution is 6.05. The Balaban J connectivity index is 1.70. The van der Waals surface area contributed by atoms with Gasteiger partial charge >= 0.3 is 0 Å². The van der Waals surface area contributed by atoms with E-state index in [9.17, 15) is 14.4 Å². The largest absolute Gasteiger partial charge is 0.483 e. The second-order valence-electron chi connectivity index (χ2n) is 7.41. The van der Waals surface area contributed by atoms with Crippen LogP contribution in [0.2, 0.25) is 0 Å². The molecule has 8 heteroatoms. The van der Waals surface area contributed by atoms with Crippen LogP contribution in [0.25, 0.3) is 10.8 Å². The maximum Gasteiger partial charge on any atom is 0.290 e. The predicted molar refractivity (Wildman–Crippen MR) is 118 cm³/mol. The molecule has 0 unspecified atom stereocenters. The molecular weight excluding hydrogens is 396 g/mol. The molecule has 3 rings (SSSR count). The summed E-state index contributed by atoms with van der Waals surface area (Å²) in [5.74, 6) is -0.259. The second kappa shape index (κ2) is 9.88. The van der Waals surface area contributed by atoms with Crippen LogP contribution >= 0.6 is 0 Å². The van der Waals surface area contributed by atoms with Crippen LogP contribution < -0.4 is 21.1 Å². The fourth-order valence-electron chi connectivity index (χ4n) is 3.22. The molecule has 0 atom stereocenters. The molecule has 0 aliphatic carbocycles. The van der Waals surface area contributed by atoms with Crippen molar-refractivity contribution in [2.75, 3.05) is 6.61 Å². The molecule has 0 aliphatic rings. The molecule has 2 N–H and O–H groups in total. The minimum atomic E-state index is -0.614. The summed E-state index contributed by atoms with van der Waals surface area (Å²) in [6.45, 7) is 6.13. The van der Waals surface area contributed by atoms with E-state index in [1.807, 2.05) is 39.0 Å². The first-order valence-electron chi connectivity index (χ1n) is 10.2. The van der Waals surface area contributed by atoms with Gasteiger partial charge in [-0.05, 0) is 30.0 Å². The number of hydrogen-bond acceptors (Lipinski definition) is 5. The lowest BCUT2D eigenvalue weighted by Crippen LogP contribution is -2.44. The first kappa shape index (κ1) is 22.0. The van der Waals surface area contributed by atoms with E-state index in [0.29, 0.717) is 29.5 Å². The first-order valence-corrected chi connectivity index (χ1v) is 10.2. The van der Waals surface area contributed by atoms with E-state index in [-0.39, 0.29) is 23.8 Å². The maximum absolute atomic E-state index is 12.7. The Morgan fingerprint density at radius 1 is 1.03 bits per heavy atom. The Labute approximate surface area is 180 Å². The Morgan fingerprint density at radius 3 is 2.42 bits per heavy atom. The van der Waals surface area contributed by atoms with Gasteiger partial charge in [0.2, 0.25) is 0 Å². The molecule has 0 fully saturated rings. The molecular formula is C23H26N4O4. The van der Waals surface area contributed by atoms with Crippen molar-refractivity contribution >= 4 is 22.6 Å². The van der Waals surface area contributed by atoms with Gasteiger partial charge in [0.25, 0.3) is 17.4 Å². The van der Waals surface area contributed by atoms with Crippen LogP contribution in [0.4, 0.5) is 0 Å². The fourth-order valence-corrected chi connectivity index (χ4v) is 3.22. The van der Waals surface area contributed by atoms with Gasteiger partial charge in [0, 0.05) is 11.9 Å². The van der Waals surface area contributed by atoms with Crippen LogP contribution in [0.15, 0.2) is 53.3 Å². The molecule has 2 amide bonds. The minimum Gasteiger partial charge on any atom is -0.483 e. The lowest BCUT2D eigenvalue weighted by molar-refractivity contribution is -0.123. The molecule has 162 valence electrons. The molecule has 8 nitrogen and oxygen atoms in total. The molecule has 0 bridgehead atoms. The van der Waals surface area contributed by atoms with Gasteiger partial charge in [-0.3, -0.25) is 25.2 Å². The summed E-state index contributed by atoms with van der Waals surface area (Å²) in [6, 6.07) is 14.3. The molecule has 3 aromatic rings. The Kier molecular flexibility index (Phi) is 7.02. The number of amides is 2. The van der Waals surface area contributed by atoms with Crippen LogP contribution in [-0.2, 0) is 11.3 Å². The summed E-state index contributed by atoms with van der Waals surface area (Å²) in [7, 11) is 0. The van der Waals surface area contributed by atoms with Crippen molar-refractivity contribution in [3.8, 4) is 5.75 Å². The summed E-state index contributed by atoms with van der Waals surface area (Å²) in [5, 5.41) is 5.03. The van der Waals surface area contributed by atoms with E-state index in [0.717, 1.165) is 5.56 Å². The monoisotopic (exact) mass is 422 g/mol. The quantitative estimate of drug-likeness (QED) is 0.570. The topological polar surface area (TPSA) is 102 Å². The summed E-state index contributed by atoms with van der Waals surface area (Å²) in [6.07, 6.45) is 0.693. The third kappa shape index (κ3) is 5.09. The number of para-hydroxylation sites is 1. The number of aromatic nitrogens is 2. The number of nitrogens with zero attached hydrogens (tertiary/aromatic N) is 2. The second-order valence-corrected chi connectivity index (χ2v) is 7.41. The normalized spacial score (nSPS) is 10.8. The highest BCUT2D eigenvalue weighted by atomic mass is 16.5. The molecule has 2 aromatic carbocycles. The SMILES string of the molecule is CCCn1nc(C(=O)NNC(=O)COc2ccccc2C(C)C)c2ccccc2c1=O. The summed E-state index contributed by atoms with van der Waals surface area (Å²) < 4.78 is 6.88. The molecule has 1 heterocycles. The third-order valence-corrected chi connectivity index (χ3v) is 4.73. The van der Waals surface area contributed by atoms with Crippen molar-refractivity contribution < 1.29 is 14.3 Å². The minimum absolute atomic E-state index is 0.0648. The zero-order valence-electron chi connectivity index (χ0n) is 17.8. The van der Waals surface area contributed by atoms with Crippen molar-refractivity contribution in [2.45, 2.75) is 39.7 Å². The smallest absolute Gasteiger partial charge is 0.290 e.